The predicted molar refractivity (Wildman–Crippen MR) is 105 cm³/mol. The summed E-state index contributed by atoms with van der Waals surface area (Å²) in [5.74, 6) is 1.13. The highest BCUT2D eigenvalue weighted by Crippen LogP contribution is 2.20. The van der Waals surface area contributed by atoms with Gasteiger partial charge in [0.25, 0.3) is 0 Å². The molecule has 1 heterocycles. The molecule has 1 N–H and O–H groups in total. The highest BCUT2D eigenvalue weighted by Gasteiger charge is 2.25. The van der Waals surface area contributed by atoms with Crippen molar-refractivity contribution in [2.45, 2.75) is 65.8 Å². The van der Waals surface area contributed by atoms with Crippen molar-refractivity contribution in [2.24, 2.45) is 11.8 Å². The summed E-state index contributed by atoms with van der Waals surface area (Å²) in [5.41, 5.74) is 2.70. The fourth-order valence-corrected chi connectivity index (χ4v) is 3.75. The Kier molecular flexibility index (Phi) is 8.47. The maximum absolute atomic E-state index is 12.5. The largest absolute Gasteiger partial charge is 0.356 e. The van der Waals surface area contributed by atoms with Crippen molar-refractivity contribution in [3.8, 4) is 0 Å². The molecule has 1 aromatic carbocycles. The SMILES string of the molecule is CCCCC(CC)CNC(=O)C1CCN(Cc2cccc(C)c2)CC1. The normalized spacial score (nSPS) is 17.4. The molecule has 1 unspecified atom stereocenters. The zero-order chi connectivity index (χ0) is 18.1. The molecule has 1 aliphatic rings. The first-order chi connectivity index (χ1) is 12.1. The summed E-state index contributed by atoms with van der Waals surface area (Å²) in [6.45, 7) is 10.5. The van der Waals surface area contributed by atoms with Crippen LogP contribution in [0.4, 0.5) is 0 Å². The van der Waals surface area contributed by atoms with E-state index in [1.165, 1.54) is 30.4 Å². The fraction of sp³-hybridized carbons (Fsp3) is 0.682. The van der Waals surface area contributed by atoms with Gasteiger partial charge in [0, 0.05) is 19.0 Å². The first-order valence-corrected chi connectivity index (χ1v) is 10.2. The lowest BCUT2D eigenvalue weighted by Crippen LogP contribution is -2.41. The van der Waals surface area contributed by atoms with Gasteiger partial charge in [0.05, 0.1) is 0 Å². The van der Waals surface area contributed by atoms with Crippen molar-refractivity contribution in [3.63, 3.8) is 0 Å². The zero-order valence-corrected chi connectivity index (χ0v) is 16.4. The van der Waals surface area contributed by atoms with Crippen LogP contribution < -0.4 is 5.32 Å². The summed E-state index contributed by atoms with van der Waals surface area (Å²) < 4.78 is 0. The Hall–Kier alpha value is -1.35. The van der Waals surface area contributed by atoms with Crippen LogP contribution in [0.25, 0.3) is 0 Å². The lowest BCUT2D eigenvalue weighted by atomic mass is 9.94. The van der Waals surface area contributed by atoms with Crippen molar-refractivity contribution in [3.05, 3.63) is 35.4 Å². The van der Waals surface area contributed by atoms with Gasteiger partial charge in [-0.25, -0.2) is 0 Å². The topological polar surface area (TPSA) is 32.3 Å². The fourth-order valence-electron chi connectivity index (χ4n) is 3.75. The van der Waals surface area contributed by atoms with Crippen LogP contribution in [0.2, 0.25) is 0 Å². The van der Waals surface area contributed by atoms with E-state index in [4.69, 9.17) is 0 Å². The molecular formula is C22H36N2O. The highest BCUT2D eigenvalue weighted by atomic mass is 16.1. The molecule has 1 aromatic rings. The molecule has 0 aromatic heterocycles. The van der Waals surface area contributed by atoms with E-state index in [1.807, 2.05) is 0 Å². The second kappa shape index (κ2) is 10.6. The third kappa shape index (κ3) is 6.81. The Morgan fingerprint density at radius 2 is 2.04 bits per heavy atom. The third-order valence-electron chi connectivity index (χ3n) is 5.56. The van der Waals surface area contributed by atoms with Gasteiger partial charge in [0.2, 0.25) is 5.91 Å². The lowest BCUT2D eigenvalue weighted by Gasteiger charge is -2.31. The smallest absolute Gasteiger partial charge is 0.223 e. The number of rotatable bonds is 9. The number of benzene rings is 1. The van der Waals surface area contributed by atoms with E-state index in [9.17, 15) is 4.79 Å². The van der Waals surface area contributed by atoms with Crippen LogP contribution in [0.1, 0.15) is 63.5 Å². The first kappa shape index (κ1) is 20.0. The van der Waals surface area contributed by atoms with Gasteiger partial charge in [-0.3, -0.25) is 9.69 Å². The second-order valence-corrected chi connectivity index (χ2v) is 7.70. The van der Waals surface area contributed by atoms with E-state index in [0.29, 0.717) is 5.92 Å². The highest BCUT2D eigenvalue weighted by molar-refractivity contribution is 5.78. The molecule has 140 valence electrons. The number of hydrogen-bond donors (Lipinski definition) is 1. The first-order valence-electron chi connectivity index (χ1n) is 10.2. The number of nitrogens with one attached hydrogen (secondary N) is 1. The Morgan fingerprint density at radius 3 is 2.68 bits per heavy atom. The number of nitrogens with zero attached hydrogens (tertiary/aromatic N) is 1. The van der Waals surface area contributed by atoms with Crippen molar-refractivity contribution in [1.29, 1.82) is 0 Å². The zero-order valence-electron chi connectivity index (χ0n) is 16.4. The molecule has 1 aliphatic heterocycles. The number of hydrogen-bond acceptors (Lipinski definition) is 2. The molecule has 25 heavy (non-hydrogen) atoms. The standard InChI is InChI=1S/C22H36N2O/c1-4-6-9-19(5-2)16-23-22(25)21-11-13-24(14-12-21)17-20-10-7-8-18(3)15-20/h7-8,10,15,19,21H,4-6,9,11-14,16-17H2,1-3H3,(H,23,25). The minimum atomic E-state index is 0.206. The lowest BCUT2D eigenvalue weighted by molar-refractivity contribution is -0.126. The van der Waals surface area contributed by atoms with Gasteiger partial charge >= 0.3 is 0 Å². The van der Waals surface area contributed by atoms with Crippen molar-refractivity contribution in [1.82, 2.24) is 10.2 Å². The monoisotopic (exact) mass is 344 g/mol. The van der Waals surface area contributed by atoms with E-state index in [2.05, 4.69) is 55.3 Å². The number of aryl methyl sites for hydroxylation is 1. The summed E-state index contributed by atoms with van der Waals surface area (Å²) in [5, 5.41) is 3.23. The minimum absolute atomic E-state index is 0.206. The van der Waals surface area contributed by atoms with Crippen LogP contribution in [0.3, 0.4) is 0 Å². The van der Waals surface area contributed by atoms with E-state index in [-0.39, 0.29) is 11.8 Å². The number of carbonyl (C=O) groups is 1. The van der Waals surface area contributed by atoms with Crippen LogP contribution in [-0.2, 0) is 11.3 Å². The van der Waals surface area contributed by atoms with Crippen molar-refractivity contribution >= 4 is 5.91 Å². The number of unbranched alkanes of at least 4 members (excludes halogenated alkanes) is 1. The van der Waals surface area contributed by atoms with Crippen molar-refractivity contribution < 1.29 is 4.79 Å². The molecule has 0 spiro atoms. The van der Waals surface area contributed by atoms with Crippen LogP contribution in [0.5, 0.6) is 0 Å². The molecule has 0 aliphatic carbocycles. The van der Waals surface area contributed by atoms with E-state index in [1.54, 1.807) is 0 Å². The Labute approximate surface area is 154 Å². The van der Waals surface area contributed by atoms with Gasteiger partial charge in [-0.2, -0.15) is 0 Å². The molecule has 2 rings (SSSR count). The molecule has 1 amide bonds. The molecule has 3 nitrogen and oxygen atoms in total. The maximum Gasteiger partial charge on any atom is 0.223 e. The van der Waals surface area contributed by atoms with Gasteiger partial charge in [-0.05, 0) is 50.8 Å². The van der Waals surface area contributed by atoms with Gasteiger partial charge in [0.1, 0.15) is 0 Å². The molecule has 3 heteroatoms. The Morgan fingerprint density at radius 1 is 1.28 bits per heavy atom. The summed E-state index contributed by atoms with van der Waals surface area (Å²) in [6.07, 6.45) is 6.89. The van der Waals surface area contributed by atoms with Gasteiger partial charge in [0.15, 0.2) is 0 Å². The number of likely N-dealkylation sites (tertiary alicyclic amines) is 1. The molecular weight excluding hydrogens is 308 g/mol. The molecule has 0 bridgehead atoms. The Balaban J connectivity index is 1.71. The molecule has 1 fully saturated rings. The summed E-state index contributed by atoms with van der Waals surface area (Å²) in [6, 6.07) is 8.74. The van der Waals surface area contributed by atoms with Gasteiger partial charge in [-0.15, -0.1) is 0 Å². The number of carbonyl (C=O) groups excluding carboxylic acids is 1. The third-order valence-corrected chi connectivity index (χ3v) is 5.56. The molecule has 1 atom stereocenters. The van der Waals surface area contributed by atoms with Crippen LogP contribution >= 0.6 is 0 Å². The van der Waals surface area contributed by atoms with Crippen LogP contribution in [-0.4, -0.2) is 30.4 Å². The quantitative estimate of drug-likeness (QED) is 0.713. The van der Waals surface area contributed by atoms with E-state index in [0.717, 1.165) is 45.4 Å². The molecule has 0 saturated carbocycles. The number of amides is 1. The average molecular weight is 345 g/mol. The maximum atomic E-state index is 12.5. The van der Waals surface area contributed by atoms with Crippen LogP contribution in [0.15, 0.2) is 24.3 Å². The second-order valence-electron chi connectivity index (χ2n) is 7.70. The minimum Gasteiger partial charge on any atom is -0.356 e. The average Bonchev–Trinajstić information content (AvgIpc) is 2.62. The van der Waals surface area contributed by atoms with Crippen LogP contribution in [0, 0.1) is 18.8 Å². The Bertz CT molecular complexity index is 521. The van der Waals surface area contributed by atoms with Gasteiger partial charge < -0.3 is 5.32 Å². The molecule has 0 radical (unpaired) electrons. The van der Waals surface area contributed by atoms with Crippen molar-refractivity contribution in [2.75, 3.05) is 19.6 Å². The van der Waals surface area contributed by atoms with E-state index < -0.39 is 0 Å². The number of piperidine rings is 1. The predicted octanol–water partition coefficient (Wildman–Crippen LogP) is 4.54. The summed E-state index contributed by atoms with van der Waals surface area (Å²) in [7, 11) is 0. The summed E-state index contributed by atoms with van der Waals surface area (Å²) >= 11 is 0. The van der Waals surface area contributed by atoms with E-state index >= 15 is 0 Å². The summed E-state index contributed by atoms with van der Waals surface area (Å²) in [4.78, 5) is 15.0. The molecule has 1 saturated heterocycles. The van der Waals surface area contributed by atoms with Gasteiger partial charge in [-0.1, -0.05) is 62.9 Å².